The van der Waals surface area contributed by atoms with Gasteiger partial charge in [0.1, 0.15) is 12.7 Å². The van der Waals surface area contributed by atoms with Crippen LogP contribution in [-0.2, 0) is 35.5 Å². The zero-order chi connectivity index (χ0) is 25.2. The first-order chi connectivity index (χ1) is 17.6. The average Bonchev–Trinajstić information content (AvgIpc) is 3.30. The first-order valence-electron chi connectivity index (χ1n) is 12.5. The number of nitrogens with zero attached hydrogens (tertiary/aromatic N) is 2. The number of benzene rings is 3. The summed E-state index contributed by atoms with van der Waals surface area (Å²) in [5, 5.41) is 12.7. The van der Waals surface area contributed by atoms with Gasteiger partial charge in [0.25, 0.3) is 0 Å². The molecule has 0 saturated heterocycles. The van der Waals surface area contributed by atoms with Crippen LogP contribution in [0.1, 0.15) is 41.2 Å². The van der Waals surface area contributed by atoms with E-state index in [-0.39, 0.29) is 12.6 Å². The summed E-state index contributed by atoms with van der Waals surface area (Å²) >= 11 is 0. The molecule has 36 heavy (non-hydrogen) atoms. The Balaban J connectivity index is 1.26. The second-order valence-electron chi connectivity index (χ2n) is 9.20. The first-order valence-corrected chi connectivity index (χ1v) is 12.5. The molecule has 4 rings (SSSR count). The van der Waals surface area contributed by atoms with Gasteiger partial charge in [0, 0.05) is 25.7 Å². The molecule has 1 amide bonds. The van der Waals surface area contributed by atoms with Crippen molar-refractivity contribution in [3.63, 3.8) is 0 Å². The lowest BCUT2D eigenvalue weighted by Crippen LogP contribution is -2.34. The van der Waals surface area contributed by atoms with E-state index in [9.17, 15) is 10.1 Å². The van der Waals surface area contributed by atoms with Crippen LogP contribution in [0.3, 0.4) is 0 Å². The molecule has 6 heteroatoms. The minimum absolute atomic E-state index is 0.114. The van der Waals surface area contributed by atoms with Crippen molar-refractivity contribution in [1.29, 1.82) is 5.26 Å². The molecule has 1 heterocycles. The largest absolute Gasteiger partial charge is 0.445 e. The molecule has 3 aromatic carbocycles. The molecule has 0 spiro atoms. The van der Waals surface area contributed by atoms with Crippen molar-refractivity contribution in [2.45, 2.75) is 45.4 Å². The fourth-order valence-corrected chi connectivity index (χ4v) is 4.61. The van der Waals surface area contributed by atoms with Crippen molar-refractivity contribution in [3.8, 4) is 6.07 Å². The Morgan fingerprint density at radius 1 is 1.03 bits per heavy atom. The second kappa shape index (κ2) is 12.8. The maximum atomic E-state index is 12.2. The van der Waals surface area contributed by atoms with Crippen molar-refractivity contribution >= 4 is 11.8 Å². The van der Waals surface area contributed by atoms with Gasteiger partial charge in [-0.15, -0.1) is 0 Å². The van der Waals surface area contributed by atoms with Gasteiger partial charge >= 0.3 is 6.09 Å². The molecule has 0 radical (unpaired) electrons. The molecule has 0 aliphatic carbocycles. The van der Waals surface area contributed by atoms with Crippen molar-refractivity contribution in [3.05, 3.63) is 101 Å². The average molecular weight is 484 g/mol. The van der Waals surface area contributed by atoms with Crippen molar-refractivity contribution < 1.29 is 14.3 Å². The number of carbonyl (C=O) groups is 1. The maximum absolute atomic E-state index is 12.2. The molecule has 1 N–H and O–H groups in total. The zero-order valence-corrected chi connectivity index (χ0v) is 20.8. The van der Waals surface area contributed by atoms with E-state index in [0.29, 0.717) is 25.2 Å². The van der Waals surface area contributed by atoms with E-state index in [0.717, 1.165) is 42.7 Å². The van der Waals surface area contributed by atoms with Crippen LogP contribution in [0.2, 0.25) is 0 Å². The van der Waals surface area contributed by atoms with E-state index in [1.165, 1.54) is 11.1 Å². The third kappa shape index (κ3) is 7.10. The third-order valence-corrected chi connectivity index (χ3v) is 6.28. The molecular formula is C30H33N3O3. The first kappa shape index (κ1) is 25.3. The maximum Gasteiger partial charge on any atom is 0.407 e. The molecule has 0 bridgehead atoms. The Kier molecular flexibility index (Phi) is 8.96. The van der Waals surface area contributed by atoms with Crippen LogP contribution in [0, 0.1) is 11.3 Å². The third-order valence-electron chi connectivity index (χ3n) is 6.28. The molecule has 1 aliphatic rings. The van der Waals surface area contributed by atoms with Crippen LogP contribution in [-0.4, -0.2) is 31.8 Å². The van der Waals surface area contributed by atoms with Crippen molar-refractivity contribution in [2.75, 3.05) is 24.6 Å². The quantitative estimate of drug-likeness (QED) is 0.371. The highest BCUT2D eigenvalue weighted by molar-refractivity contribution is 5.69. The number of nitriles is 1. The topological polar surface area (TPSA) is 74.6 Å². The Bertz CT molecular complexity index is 1180. The fourth-order valence-electron chi connectivity index (χ4n) is 4.61. The van der Waals surface area contributed by atoms with Gasteiger partial charge in [-0.2, -0.15) is 5.26 Å². The number of fused-ring (bicyclic) bond motifs is 1. The molecule has 1 aliphatic heterocycles. The Hall–Kier alpha value is -3.82. The van der Waals surface area contributed by atoms with Crippen LogP contribution in [0.25, 0.3) is 0 Å². The lowest BCUT2D eigenvalue weighted by atomic mass is 9.99. The molecule has 0 saturated carbocycles. The monoisotopic (exact) mass is 483 g/mol. The molecule has 0 fully saturated rings. The normalized spacial score (nSPS) is 13.1. The van der Waals surface area contributed by atoms with Crippen LogP contribution in [0.4, 0.5) is 10.5 Å². The molecular weight excluding hydrogens is 450 g/mol. The van der Waals surface area contributed by atoms with Gasteiger partial charge in [-0.3, -0.25) is 0 Å². The van der Waals surface area contributed by atoms with Gasteiger partial charge in [-0.05, 0) is 54.5 Å². The fraction of sp³-hybridized carbons (Fsp3) is 0.333. The number of alkyl carbamates (subject to hydrolysis) is 1. The number of carbonyl (C=O) groups excluding carboxylic acids is 1. The molecule has 3 aromatic rings. The van der Waals surface area contributed by atoms with Gasteiger partial charge in [0.2, 0.25) is 0 Å². The van der Waals surface area contributed by atoms with Gasteiger partial charge in [0.05, 0.1) is 17.9 Å². The highest BCUT2D eigenvalue weighted by Gasteiger charge is 2.23. The summed E-state index contributed by atoms with van der Waals surface area (Å²) in [6.45, 7) is 5.27. The van der Waals surface area contributed by atoms with Gasteiger partial charge in [0.15, 0.2) is 0 Å². The molecule has 6 nitrogen and oxygen atoms in total. The molecule has 0 unspecified atom stereocenters. The van der Waals surface area contributed by atoms with Gasteiger partial charge < -0.3 is 19.7 Å². The van der Waals surface area contributed by atoms with Crippen molar-refractivity contribution in [2.24, 2.45) is 0 Å². The Morgan fingerprint density at radius 3 is 2.42 bits per heavy atom. The number of amides is 1. The molecule has 0 aromatic heterocycles. The van der Waals surface area contributed by atoms with E-state index >= 15 is 0 Å². The highest BCUT2D eigenvalue weighted by atomic mass is 16.5. The van der Waals surface area contributed by atoms with Crippen LogP contribution in [0.15, 0.2) is 72.8 Å². The number of rotatable bonds is 11. The summed E-state index contributed by atoms with van der Waals surface area (Å²) in [6.07, 6.45) is 2.03. The number of hydrogen-bond donors (Lipinski definition) is 1. The summed E-state index contributed by atoms with van der Waals surface area (Å²) in [7, 11) is 0. The SMILES string of the molecule is C[C@H](Cc1cc(C#N)c2c(c1)CCN2CCCOCc1ccccc1)NC(=O)OCc1ccccc1. The van der Waals surface area contributed by atoms with E-state index in [1.807, 2.05) is 61.5 Å². The van der Waals surface area contributed by atoms with E-state index < -0.39 is 6.09 Å². The number of ether oxygens (including phenoxy) is 2. The van der Waals surface area contributed by atoms with E-state index in [4.69, 9.17) is 9.47 Å². The predicted molar refractivity (Wildman–Crippen MR) is 141 cm³/mol. The second-order valence-corrected chi connectivity index (χ2v) is 9.20. The highest BCUT2D eigenvalue weighted by Crippen LogP contribution is 2.33. The standard InChI is InChI=1S/C30H33N3O3/c1-23(32-30(34)36-22-25-11-6-3-7-12-25)17-26-18-27-13-15-33(29(27)28(19-26)20-31)14-8-16-35-21-24-9-4-2-5-10-24/h2-7,9-12,18-19,23H,8,13-17,21-22H2,1H3,(H,32,34)/t23-/m1/s1. The van der Waals surface area contributed by atoms with E-state index in [2.05, 4.69) is 34.5 Å². The Labute approximate surface area is 213 Å². The summed E-state index contributed by atoms with van der Waals surface area (Å²) in [5.41, 5.74) is 6.12. The predicted octanol–water partition coefficient (Wildman–Crippen LogP) is 5.39. The summed E-state index contributed by atoms with van der Waals surface area (Å²) in [6, 6.07) is 26.2. The summed E-state index contributed by atoms with van der Waals surface area (Å²) < 4.78 is 11.2. The number of nitrogens with one attached hydrogen (secondary N) is 1. The smallest absolute Gasteiger partial charge is 0.407 e. The summed E-state index contributed by atoms with van der Waals surface area (Å²) in [4.78, 5) is 14.5. The number of anilines is 1. The minimum atomic E-state index is -0.436. The van der Waals surface area contributed by atoms with Crippen LogP contribution < -0.4 is 10.2 Å². The molecule has 186 valence electrons. The van der Waals surface area contributed by atoms with E-state index in [1.54, 1.807) is 0 Å². The lowest BCUT2D eigenvalue weighted by molar-refractivity contribution is 0.119. The van der Waals surface area contributed by atoms with Gasteiger partial charge in [-0.25, -0.2) is 4.79 Å². The van der Waals surface area contributed by atoms with Crippen molar-refractivity contribution in [1.82, 2.24) is 5.32 Å². The number of hydrogen-bond acceptors (Lipinski definition) is 5. The van der Waals surface area contributed by atoms with Gasteiger partial charge in [-0.1, -0.05) is 66.7 Å². The molecule has 1 atom stereocenters. The Morgan fingerprint density at radius 2 is 1.72 bits per heavy atom. The van der Waals surface area contributed by atoms with Crippen LogP contribution >= 0.6 is 0 Å². The van der Waals surface area contributed by atoms with Crippen LogP contribution in [0.5, 0.6) is 0 Å². The summed E-state index contributed by atoms with van der Waals surface area (Å²) in [5.74, 6) is 0. The minimum Gasteiger partial charge on any atom is -0.445 e. The lowest BCUT2D eigenvalue weighted by Gasteiger charge is -2.21. The zero-order valence-electron chi connectivity index (χ0n) is 20.8.